The molecule has 0 aliphatic rings. The van der Waals surface area contributed by atoms with Crippen molar-refractivity contribution in [1.82, 2.24) is 4.98 Å². The fourth-order valence-electron chi connectivity index (χ4n) is 2.13. The van der Waals surface area contributed by atoms with Crippen molar-refractivity contribution in [3.05, 3.63) is 65.6 Å². The third kappa shape index (κ3) is 2.83. The molecule has 0 saturated heterocycles. The molecule has 0 fully saturated rings. The molecule has 1 aromatic heterocycles. The van der Waals surface area contributed by atoms with Crippen LogP contribution < -0.4 is 4.74 Å². The number of aryl methyl sites for hydroxylation is 1. The maximum atomic E-state index is 14.0. The number of alkyl halides is 1. The van der Waals surface area contributed by atoms with Crippen molar-refractivity contribution in [2.24, 2.45) is 0 Å². The van der Waals surface area contributed by atoms with E-state index in [1.54, 1.807) is 18.2 Å². The van der Waals surface area contributed by atoms with Gasteiger partial charge in [0.1, 0.15) is 5.52 Å². The van der Waals surface area contributed by atoms with E-state index < -0.39 is 5.82 Å². The third-order valence-corrected chi connectivity index (χ3v) is 3.50. The second kappa shape index (κ2) is 5.70. The van der Waals surface area contributed by atoms with Crippen LogP contribution in [0.5, 0.6) is 11.5 Å². The van der Waals surface area contributed by atoms with Crippen molar-refractivity contribution in [3.8, 4) is 11.5 Å². The fraction of sp³-hybridized carbons (Fsp3) is 0.118. The Bertz CT molecular complexity index is 804. The Labute approximate surface area is 127 Å². The molecule has 3 rings (SSSR count). The fourth-order valence-corrected chi connectivity index (χ4v) is 2.29. The van der Waals surface area contributed by atoms with Gasteiger partial charge in [-0.2, -0.15) is 0 Å². The molecule has 0 radical (unpaired) electrons. The average Bonchev–Trinajstić information content (AvgIpc) is 2.49. The number of rotatable bonds is 3. The maximum absolute atomic E-state index is 14.0. The van der Waals surface area contributed by atoms with Gasteiger partial charge in [-0.25, -0.2) is 9.37 Å². The van der Waals surface area contributed by atoms with Crippen LogP contribution in [0, 0.1) is 12.7 Å². The van der Waals surface area contributed by atoms with Crippen molar-refractivity contribution in [2.45, 2.75) is 12.8 Å². The first kappa shape index (κ1) is 13.8. The molecule has 4 heteroatoms. The molecule has 106 valence electrons. The number of ether oxygens (including phenoxy) is 1. The predicted octanol–water partition coefficient (Wildman–Crippen LogP) is 5.21. The van der Waals surface area contributed by atoms with Gasteiger partial charge in [0.2, 0.25) is 0 Å². The van der Waals surface area contributed by atoms with Crippen molar-refractivity contribution < 1.29 is 9.13 Å². The summed E-state index contributed by atoms with van der Waals surface area (Å²) in [6.07, 6.45) is 0. The summed E-state index contributed by atoms with van der Waals surface area (Å²) in [5.74, 6) is 0.540. The van der Waals surface area contributed by atoms with Gasteiger partial charge in [-0.05, 0) is 36.8 Å². The van der Waals surface area contributed by atoms with Gasteiger partial charge in [-0.1, -0.05) is 24.3 Å². The Morgan fingerprint density at radius 1 is 1.10 bits per heavy atom. The Morgan fingerprint density at radius 2 is 1.95 bits per heavy atom. The quantitative estimate of drug-likeness (QED) is 0.619. The predicted molar refractivity (Wildman–Crippen MR) is 82.5 cm³/mol. The van der Waals surface area contributed by atoms with Crippen LogP contribution in [0.15, 0.2) is 48.5 Å². The number of para-hydroxylation sites is 1. The number of aromatic nitrogens is 1. The van der Waals surface area contributed by atoms with Crippen LogP contribution in [0.4, 0.5) is 4.39 Å². The smallest absolute Gasteiger partial charge is 0.166 e. The number of benzene rings is 2. The highest BCUT2D eigenvalue weighted by atomic mass is 35.5. The summed E-state index contributed by atoms with van der Waals surface area (Å²) in [7, 11) is 0. The van der Waals surface area contributed by atoms with Crippen LogP contribution in [-0.2, 0) is 5.88 Å². The van der Waals surface area contributed by atoms with E-state index in [1.807, 2.05) is 31.2 Å². The van der Waals surface area contributed by atoms with Crippen LogP contribution in [0.1, 0.15) is 11.3 Å². The first-order valence-electron chi connectivity index (χ1n) is 6.56. The highest BCUT2D eigenvalue weighted by Crippen LogP contribution is 2.30. The second-order valence-electron chi connectivity index (χ2n) is 4.78. The molecule has 0 bridgehead atoms. The number of nitrogens with zero attached hydrogens (tertiary/aromatic N) is 1. The van der Waals surface area contributed by atoms with Gasteiger partial charge in [0.05, 0.1) is 0 Å². The zero-order chi connectivity index (χ0) is 14.8. The average molecular weight is 302 g/mol. The summed E-state index contributed by atoms with van der Waals surface area (Å²) in [5, 5.41) is 0.955. The standard InChI is InChI=1S/C17H13ClFNO/c1-11-5-7-13-3-2-4-16(17(13)20-11)21-15-8-6-12(10-18)9-14(15)19/h2-9H,10H2,1H3. The topological polar surface area (TPSA) is 22.1 Å². The number of fused-ring (bicyclic) bond motifs is 1. The number of hydrogen-bond acceptors (Lipinski definition) is 2. The highest BCUT2D eigenvalue weighted by Gasteiger charge is 2.09. The normalized spacial score (nSPS) is 10.8. The zero-order valence-electron chi connectivity index (χ0n) is 11.4. The molecule has 21 heavy (non-hydrogen) atoms. The SMILES string of the molecule is Cc1ccc2cccc(Oc3ccc(CCl)cc3F)c2n1. The molecule has 0 aliphatic heterocycles. The highest BCUT2D eigenvalue weighted by molar-refractivity contribution is 6.17. The van der Waals surface area contributed by atoms with Crippen molar-refractivity contribution in [3.63, 3.8) is 0 Å². The molecule has 2 aromatic carbocycles. The molecule has 1 heterocycles. The first-order chi connectivity index (χ1) is 10.2. The van der Waals surface area contributed by atoms with Crippen LogP contribution in [-0.4, -0.2) is 4.98 Å². The molecule has 2 nitrogen and oxygen atoms in total. The van der Waals surface area contributed by atoms with E-state index in [9.17, 15) is 4.39 Å². The van der Waals surface area contributed by atoms with E-state index in [0.29, 0.717) is 11.3 Å². The summed E-state index contributed by atoms with van der Waals surface area (Å²) in [6, 6.07) is 14.2. The number of pyridine rings is 1. The Morgan fingerprint density at radius 3 is 2.71 bits per heavy atom. The second-order valence-corrected chi connectivity index (χ2v) is 5.05. The lowest BCUT2D eigenvalue weighted by molar-refractivity contribution is 0.445. The first-order valence-corrected chi connectivity index (χ1v) is 7.09. The van der Waals surface area contributed by atoms with Gasteiger partial charge in [0, 0.05) is 17.0 Å². The summed E-state index contributed by atoms with van der Waals surface area (Å²) in [4.78, 5) is 4.47. The molecule has 0 aliphatic carbocycles. The van der Waals surface area contributed by atoms with Gasteiger partial charge in [-0.15, -0.1) is 11.6 Å². The van der Waals surface area contributed by atoms with Gasteiger partial charge in [-0.3, -0.25) is 0 Å². The van der Waals surface area contributed by atoms with Crippen molar-refractivity contribution >= 4 is 22.5 Å². The molecule has 0 amide bonds. The van der Waals surface area contributed by atoms with Crippen LogP contribution in [0.25, 0.3) is 10.9 Å². The Kier molecular flexibility index (Phi) is 3.76. The van der Waals surface area contributed by atoms with Crippen molar-refractivity contribution in [2.75, 3.05) is 0 Å². The Balaban J connectivity index is 2.04. The van der Waals surface area contributed by atoms with Crippen LogP contribution in [0.2, 0.25) is 0 Å². The summed E-state index contributed by atoms with van der Waals surface area (Å²) < 4.78 is 19.7. The molecular weight excluding hydrogens is 289 g/mol. The minimum Gasteiger partial charge on any atom is -0.452 e. The van der Waals surface area contributed by atoms with Gasteiger partial charge < -0.3 is 4.74 Å². The molecule has 0 saturated carbocycles. The lowest BCUT2D eigenvalue weighted by Crippen LogP contribution is -1.93. The molecule has 0 spiro atoms. The summed E-state index contributed by atoms with van der Waals surface area (Å²) >= 11 is 5.69. The lowest BCUT2D eigenvalue weighted by Gasteiger charge is -2.10. The molecule has 0 atom stereocenters. The van der Waals surface area contributed by atoms with Gasteiger partial charge in [0.15, 0.2) is 17.3 Å². The van der Waals surface area contributed by atoms with E-state index in [2.05, 4.69) is 4.98 Å². The molecule has 0 N–H and O–H groups in total. The Hall–Kier alpha value is -2.13. The molecular formula is C17H13ClFNO. The number of halogens is 2. The minimum atomic E-state index is -0.433. The van der Waals surface area contributed by atoms with E-state index in [1.165, 1.54) is 6.07 Å². The van der Waals surface area contributed by atoms with E-state index >= 15 is 0 Å². The maximum Gasteiger partial charge on any atom is 0.166 e. The van der Waals surface area contributed by atoms with Crippen molar-refractivity contribution in [1.29, 1.82) is 0 Å². The summed E-state index contributed by atoms with van der Waals surface area (Å²) in [6.45, 7) is 1.91. The zero-order valence-corrected chi connectivity index (χ0v) is 12.2. The van der Waals surface area contributed by atoms with E-state index in [4.69, 9.17) is 16.3 Å². The van der Waals surface area contributed by atoms with E-state index in [0.717, 1.165) is 16.6 Å². The molecule has 0 unspecified atom stereocenters. The molecule has 3 aromatic rings. The monoisotopic (exact) mass is 301 g/mol. The van der Waals surface area contributed by atoms with Gasteiger partial charge in [0.25, 0.3) is 0 Å². The van der Waals surface area contributed by atoms with Crippen LogP contribution in [0.3, 0.4) is 0 Å². The third-order valence-electron chi connectivity index (χ3n) is 3.19. The number of hydrogen-bond donors (Lipinski definition) is 0. The van der Waals surface area contributed by atoms with Crippen LogP contribution >= 0.6 is 11.6 Å². The minimum absolute atomic E-state index is 0.166. The lowest BCUT2D eigenvalue weighted by atomic mass is 10.2. The summed E-state index contributed by atoms with van der Waals surface area (Å²) in [5.41, 5.74) is 2.32. The van der Waals surface area contributed by atoms with E-state index in [-0.39, 0.29) is 11.6 Å². The largest absolute Gasteiger partial charge is 0.452 e. The van der Waals surface area contributed by atoms with Gasteiger partial charge >= 0.3 is 0 Å².